The van der Waals surface area contributed by atoms with Gasteiger partial charge in [-0.15, -0.1) is 0 Å². The zero-order valence-electron chi connectivity index (χ0n) is 18.9. The van der Waals surface area contributed by atoms with E-state index in [1.54, 1.807) is 25.1 Å². The maximum Gasteiger partial charge on any atom is 0.257 e. The van der Waals surface area contributed by atoms with Gasteiger partial charge in [0.25, 0.3) is 5.91 Å². The van der Waals surface area contributed by atoms with E-state index >= 15 is 0 Å². The van der Waals surface area contributed by atoms with Crippen LogP contribution in [0.25, 0.3) is 0 Å². The summed E-state index contributed by atoms with van der Waals surface area (Å²) in [7, 11) is 5.14. The fourth-order valence-corrected chi connectivity index (χ4v) is 3.86. The van der Waals surface area contributed by atoms with Gasteiger partial charge in [0.2, 0.25) is 0 Å². The second-order valence-corrected chi connectivity index (χ2v) is 7.82. The summed E-state index contributed by atoms with van der Waals surface area (Å²) < 4.78 is 18.5. The van der Waals surface area contributed by atoms with Crippen molar-refractivity contribution < 1.29 is 19.0 Å². The van der Waals surface area contributed by atoms with E-state index in [1.807, 2.05) is 55.4 Å². The SMILES string of the molecule is COc1ccc(OC)c(Cc2ccc(C3CN(C(=O)c4cnn(C)c4C)CCO3)nc2)c1. The Morgan fingerprint density at radius 1 is 1.19 bits per heavy atom. The highest BCUT2D eigenvalue weighted by Gasteiger charge is 2.28. The molecule has 168 valence electrons. The summed E-state index contributed by atoms with van der Waals surface area (Å²) in [6, 6.07) is 9.76. The molecule has 1 unspecified atom stereocenters. The Kier molecular flexibility index (Phi) is 6.41. The summed E-state index contributed by atoms with van der Waals surface area (Å²) in [5.74, 6) is 1.57. The van der Waals surface area contributed by atoms with E-state index in [0.29, 0.717) is 31.7 Å². The molecule has 0 N–H and O–H groups in total. The number of carbonyl (C=O) groups excluding carboxylic acids is 1. The van der Waals surface area contributed by atoms with E-state index in [0.717, 1.165) is 34.0 Å². The summed E-state index contributed by atoms with van der Waals surface area (Å²) in [6.45, 7) is 3.39. The summed E-state index contributed by atoms with van der Waals surface area (Å²) in [5.41, 5.74) is 4.37. The second kappa shape index (κ2) is 9.40. The van der Waals surface area contributed by atoms with Crippen molar-refractivity contribution in [2.45, 2.75) is 19.4 Å². The molecule has 1 aliphatic rings. The Morgan fingerprint density at radius 3 is 2.69 bits per heavy atom. The zero-order chi connectivity index (χ0) is 22.7. The number of rotatable bonds is 6. The first-order valence-corrected chi connectivity index (χ1v) is 10.6. The predicted octanol–water partition coefficient (Wildman–Crippen LogP) is 2.95. The average molecular weight is 437 g/mol. The van der Waals surface area contributed by atoms with E-state index in [-0.39, 0.29) is 12.0 Å². The van der Waals surface area contributed by atoms with Gasteiger partial charge in [-0.2, -0.15) is 5.10 Å². The maximum atomic E-state index is 13.0. The number of hydrogen-bond acceptors (Lipinski definition) is 6. The van der Waals surface area contributed by atoms with Crippen molar-refractivity contribution in [2.75, 3.05) is 33.9 Å². The number of benzene rings is 1. The van der Waals surface area contributed by atoms with Gasteiger partial charge < -0.3 is 19.1 Å². The first kappa shape index (κ1) is 21.8. The van der Waals surface area contributed by atoms with Gasteiger partial charge >= 0.3 is 0 Å². The van der Waals surface area contributed by atoms with Crippen molar-refractivity contribution in [2.24, 2.45) is 7.05 Å². The summed E-state index contributed by atoms with van der Waals surface area (Å²) in [4.78, 5) is 19.4. The predicted molar refractivity (Wildman–Crippen MR) is 119 cm³/mol. The lowest BCUT2D eigenvalue weighted by molar-refractivity contribution is -0.0247. The highest BCUT2D eigenvalue weighted by Crippen LogP contribution is 2.27. The number of ether oxygens (including phenoxy) is 3. The van der Waals surface area contributed by atoms with Crippen LogP contribution in [-0.2, 0) is 18.2 Å². The van der Waals surface area contributed by atoms with Crippen LogP contribution in [0, 0.1) is 6.92 Å². The normalized spacial score (nSPS) is 16.1. The van der Waals surface area contributed by atoms with Gasteiger partial charge in [0.15, 0.2) is 0 Å². The van der Waals surface area contributed by atoms with Gasteiger partial charge in [0, 0.05) is 37.5 Å². The van der Waals surface area contributed by atoms with Gasteiger partial charge in [-0.3, -0.25) is 14.5 Å². The van der Waals surface area contributed by atoms with Crippen molar-refractivity contribution >= 4 is 5.91 Å². The van der Waals surface area contributed by atoms with Gasteiger partial charge in [-0.1, -0.05) is 6.07 Å². The molecular formula is C24H28N4O4. The minimum Gasteiger partial charge on any atom is -0.497 e. The number of aryl methyl sites for hydroxylation is 1. The smallest absolute Gasteiger partial charge is 0.257 e. The Hall–Kier alpha value is -3.39. The third-order valence-corrected chi connectivity index (χ3v) is 5.88. The van der Waals surface area contributed by atoms with Crippen molar-refractivity contribution in [1.29, 1.82) is 0 Å². The van der Waals surface area contributed by atoms with Crippen LogP contribution >= 0.6 is 0 Å². The van der Waals surface area contributed by atoms with Crippen LogP contribution in [0.4, 0.5) is 0 Å². The van der Waals surface area contributed by atoms with Gasteiger partial charge in [0.05, 0.1) is 44.8 Å². The molecule has 0 spiro atoms. The molecule has 1 fully saturated rings. The van der Waals surface area contributed by atoms with E-state index in [9.17, 15) is 4.79 Å². The minimum absolute atomic E-state index is 0.0226. The molecule has 8 heteroatoms. The first-order valence-electron chi connectivity index (χ1n) is 10.6. The fourth-order valence-electron chi connectivity index (χ4n) is 3.86. The Morgan fingerprint density at radius 2 is 2.03 bits per heavy atom. The van der Waals surface area contributed by atoms with Crippen LogP contribution in [-0.4, -0.2) is 59.5 Å². The number of amides is 1. The number of methoxy groups -OCH3 is 2. The molecule has 0 saturated carbocycles. The maximum absolute atomic E-state index is 13.0. The molecule has 8 nitrogen and oxygen atoms in total. The van der Waals surface area contributed by atoms with Gasteiger partial charge in [-0.05, 0) is 36.8 Å². The number of nitrogens with zero attached hydrogens (tertiary/aromatic N) is 4. The molecule has 3 aromatic rings. The lowest BCUT2D eigenvalue weighted by Crippen LogP contribution is -2.42. The topological polar surface area (TPSA) is 78.7 Å². The molecule has 1 atom stereocenters. The summed E-state index contributed by atoms with van der Waals surface area (Å²) >= 11 is 0. The average Bonchev–Trinajstić information content (AvgIpc) is 3.17. The Bertz CT molecular complexity index is 1090. The fraction of sp³-hybridized carbons (Fsp3) is 0.375. The number of hydrogen-bond donors (Lipinski definition) is 0. The number of morpholine rings is 1. The molecule has 2 aromatic heterocycles. The van der Waals surface area contributed by atoms with Crippen LogP contribution < -0.4 is 9.47 Å². The molecule has 32 heavy (non-hydrogen) atoms. The molecule has 1 aromatic carbocycles. The van der Waals surface area contributed by atoms with Crippen molar-refractivity contribution in [3.05, 3.63) is 70.8 Å². The number of aromatic nitrogens is 3. The molecule has 3 heterocycles. The summed E-state index contributed by atoms with van der Waals surface area (Å²) in [5, 5.41) is 4.19. The highest BCUT2D eigenvalue weighted by atomic mass is 16.5. The van der Waals surface area contributed by atoms with Gasteiger partial charge in [0.1, 0.15) is 17.6 Å². The third kappa shape index (κ3) is 4.45. The second-order valence-electron chi connectivity index (χ2n) is 7.82. The van der Waals surface area contributed by atoms with Crippen LogP contribution in [0.2, 0.25) is 0 Å². The van der Waals surface area contributed by atoms with Crippen molar-refractivity contribution in [3.63, 3.8) is 0 Å². The molecule has 0 bridgehead atoms. The third-order valence-electron chi connectivity index (χ3n) is 5.88. The monoisotopic (exact) mass is 436 g/mol. The number of pyridine rings is 1. The van der Waals surface area contributed by atoms with E-state index in [1.165, 1.54) is 0 Å². The van der Waals surface area contributed by atoms with Crippen LogP contribution in [0.3, 0.4) is 0 Å². The molecule has 4 rings (SSSR count). The molecule has 1 amide bonds. The Labute approximate surface area is 187 Å². The first-order chi connectivity index (χ1) is 15.5. The van der Waals surface area contributed by atoms with Gasteiger partial charge in [-0.25, -0.2) is 0 Å². The number of carbonyl (C=O) groups is 1. The highest BCUT2D eigenvalue weighted by molar-refractivity contribution is 5.95. The van der Waals surface area contributed by atoms with E-state index in [4.69, 9.17) is 14.2 Å². The summed E-state index contributed by atoms with van der Waals surface area (Å²) in [6.07, 6.45) is 3.89. The van der Waals surface area contributed by atoms with Crippen LogP contribution in [0.1, 0.15) is 39.0 Å². The lowest BCUT2D eigenvalue weighted by atomic mass is 10.0. The van der Waals surface area contributed by atoms with Crippen molar-refractivity contribution in [3.8, 4) is 11.5 Å². The Balaban J connectivity index is 1.46. The zero-order valence-corrected chi connectivity index (χ0v) is 18.9. The molecule has 1 aliphatic heterocycles. The van der Waals surface area contributed by atoms with E-state index < -0.39 is 0 Å². The standard InChI is InChI=1S/C24H28N4O4/c1-16-20(14-26-27(16)2)24(29)28-9-10-32-23(15-28)21-7-5-17(13-25-21)11-18-12-19(30-3)6-8-22(18)31-4/h5-8,12-14,23H,9-11,15H2,1-4H3. The molecule has 0 aliphatic carbocycles. The van der Waals surface area contributed by atoms with Crippen LogP contribution in [0.5, 0.6) is 11.5 Å². The molecular weight excluding hydrogens is 408 g/mol. The van der Waals surface area contributed by atoms with Crippen LogP contribution in [0.15, 0.2) is 42.7 Å². The molecule has 1 saturated heterocycles. The van der Waals surface area contributed by atoms with Crippen molar-refractivity contribution in [1.82, 2.24) is 19.7 Å². The quantitative estimate of drug-likeness (QED) is 0.591. The molecule has 0 radical (unpaired) electrons. The largest absolute Gasteiger partial charge is 0.497 e. The lowest BCUT2D eigenvalue weighted by Gasteiger charge is -2.32. The minimum atomic E-state index is -0.259. The van der Waals surface area contributed by atoms with E-state index in [2.05, 4.69) is 10.1 Å².